The summed E-state index contributed by atoms with van der Waals surface area (Å²) in [6.07, 6.45) is 1.22. The van der Waals surface area contributed by atoms with E-state index in [9.17, 15) is 13.2 Å². The fourth-order valence-corrected chi connectivity index (χ4v) is 4.20. The van der Waals surface area contributed by atoms with Crippen LogP contribution < -0.4 is 0 Å². The maximum absolute atomic E-state index is 12.1. The van der Waals surface area contributed by atoms with Crippen LogP contribution in [0.4, 0.5) is 0 Å². The molecule has 0 radical (unpaired) electrons. The van der Waals surface area contributed by atoms with Crippen LogP contribution in [0, 0.1) is 5.92 Å². The van der Waals surface area contributed by atoms with Crippen molar-refractivity contribution < 1.29 is 17.9 Å². The molecule has 2 atom stereocenters. The first-order valence-electron chi connectivity index (χ1n) is 5.55. The lowest BCUT2D eigenvalue weighted by molar-refractivity contribution is -0.144. The van der Waals surface area contributed by atoms with E-state index in [1.165, 1.54) is 11.4 Å². The Morgan fingerprint density at radius 2 is 2.24 bits per heavy atom. The molecule has 17 heavy (non-hydrogen) atoms. The standard InChI is InChI=1S/C10H18ClNO4S/c1-8(6-11)7-17(14,15)12-5-3-4-9(12)10(13)16-2/h8-9H,3-7H2,1-2H3. The molecule has 0 aromatic heterocycles. The van der Waals surface area contributed by atoms with Crippen LogP contribution in [0.2, 0.25) is 0 Å². The summed E-state index contributed by atoms with van der Waals surface area (Å²) in [4.78, 5) is 11.5. The van der Waals surface area contributed by atoms with E-state index in [1.807, 2.05) is 0 Å². The summed E-state index contributed by atoms with van der Waals surface area (Å²) in [5.74, 6) is -0.342. The van der Waals surface area contributed by atoms with Gasteiger partial charge in [-0.1, -0.05) is 6.92 Å². The number of hydrogen-bond donors (Lipinski definition) is 0. The zero-order chi connectivity index (χ0) is 13.1. The number of alkyl halides is 1. The number of esters is 1. The van der Waals surface area contributed by atoms with Crippen LogP contribution in [0.5, 0.6) is 0 Å². The van der Waals surface area contributed by atoms with Gasteiger partial charge in [0.25, 0.3) is 0 Å². The van der Waals surface area contributed by atoms with E-state index in [4.69, 9.17) is 11.6 Å². The summed E-state index contributed by atoms with van der Waals surface area (Å²) in [6.45, 7) is 2.16. The highest BCUT2D eigenvalue weighted by atomic mass is 35.5. The molecule has 0 aromatic rings. The molecule has 7 heteroatoms. The Balaban J connectivity index is 2.80. The Kier molecular flexibility index (Phi) is 5.22. The number of rotatable bonds is 5. The van der Waals surface area contributed by atoms with Gasteiger partial charge in [0, 0.05) is 12.4 Å². The van der Waals surface area contributed by atoms with Crippen molar-refractivity contribution in [2.75, 3.05) is 25.3 Å². The highest BCUT2D eigenvalue weighted by Crippen LogP contribution is 2.23. The Morgan fingerprint density at radius 3 is 2.76 bits per heavy atom. The average Bonchev–Trinajstić information content (AvgIpc) is 2.76. The number of carbonyl (C=O) groups excluding carboxylic acids is 1. The molecule has 0 aliphatic carbocycles. The van der Waals surface area contributed by atoms with Crippen molar-refractivity contribution in [2.45, 2.75) is 25.8 Å². The third-order valence-corrected chi connectivity index (χ3v) is 5.46. The number of nitrogens with zero attached hydrogens (tertiary/aromatic N) is 1. The zero-order valence-electron chi connectivity index (χ0n) is 10.1. The summed E-state index contributed by atoms with van der Waals surface area (Å²) in [5.41, 5.74) is 0. The minimum Gasteiger partial charge on any atom is -0.468 e. The molecule has 2 unspecified atom stereocenters. The quantitative estimate of drug-likeness (QED) is 0.554. The van der Waals surface area contributed by atoms with E-state index in [1.54, 1.807) is 6.92 Å². The second kappa shape index (κ2) is 6.02. The molecular formula is C10H18ClNO4S. The average molecular weight is 284 g/mol. The molecule has 1 heterocycles. The van der Waals surface area contributed by atoms with Crippen molar-refractivity contribution in [3.05, 3.63) is 0 Å². The predicted octanol–water partition coefficient (Wildman–Crippen LogP) is 0.828. The molecule has 0 saturated carbocycles. The number of sulfonamides is 1. The summed E-state index contributed by atoms with van der Waals surface area (Å²) in [5, 5.41) is 0. The van der Waals surface area contributed by atoms with Gasteiger partial charge in [-0.25, -0.2) is 8.42 Å². The minimum absolute atomic E-state index is 0.0238. The molecule has 0 N–H and O–H groups in total. The molecule has 1 fully saturated rings. The van der Waals surface area contributed by atoms with E-state index in [0.29, 0.717) is 19.4 Å². The lowest BCUT2D eigenvalue weighted by atomic mass is 10.2. The SMILES string of the molecule is COC(=O)C1CCCN1S(=O)(=O)CC(C)CCl. The van der Waals surface area contributed by atoms with Crippen LogP contribution in [0.1, 0.15) is 19.8 Å². The summed E-state index contributed by atoms with van der Waals surface area (Å²) >= 11 is 5.62. The second-order valence-electron chi connectivity index (χ2n) is 4.33. The van der Waals surface area contributed by atoms with Crippen molar-refractivity contribution in [1.29, 1.82) is 0 Å². The van der Waals surface area contributed by atoms with E-state index in [-0.39, 0.29) is 17.6 Å². The van der Waals surface area contributed by atoms with E-state index < -0.39 is 22.0 Å². The lowest BCUT2D eigenvalue weighted by Gasteiger charge is -2.23. The van der Waals surface area contributed by atoms with Crippen LogP contribution in [-0.2, 0) is 19.6 Å². The molecule has 5 nitrogen and oxygen atoms in total. The monoisotopic (exact) mass is 283 g/mol. The Hall–Kier alpha value is -0.330. The van der Waals surface area contributed by atoms with E-state index in [2.05, 4.69) is 4.74 Å². The van der Waals surface area contributed by atoms with Crippen molar-refractivity contribution in [1.82, 2.24) is 4.31 Å². The van der Waals surface area contributed by atoms with Crippen LogP contribution in [0.15, 0.2) is 0 Å². The van der Waals surface area contributed by atoms with Gasteiger partial charge in [0.1, 0.15) is 6.04 Å². The maximum atomic E-state index is 12.1. The first-order valence-corrected chi connectivity index (χ1v) is 7.70. The molecule has 0 bridgehead atoms. The maximum Gasteiger partial charge on any atom is 0.324 e. The highest BCUT2D eigenvalue weighted by molar-refractivity contribution is 7.89. The first kappa shape index (κ1) is 14.7. The molecule has 0 aromatic carbocycles. The normalized spacial score (nSPS) is 23.6. The molecular weight excluding hydrogens is 266 g/mol. The summed E-state index contributed by atoms with van der Waals surface area (Å²) in [7, 11) is -2.16. The van der Waals surface area contributed by atoms with Crippen LogP contribution >= 0.6 is 11.6 Å². The van der Waals surface area contributed by atoms with Crippen LogP contribution in [0.3, 0.4) is 0 Å². The summed E-state index contributed by atoms with van der Waals surface area (Å²) < 4.78 is 30.1. The van der Waals surface area contributed by atoms with Gasteiger partial charge in [-0.3, -0.25) is 4.79 Å². The Morgan fingerprint density at radius 1 is 1.59 bits per heavy atom. The third kappa shape index (κ3) is 3.56. The van der Waals surface area contributed by atoms with Crippen LogP contribution in [0.25, 0.3) is 0 Å². The van der Waals surface area contributed by atoms with E-state index in [0.717, 1.165) is 0 Å². The van der Waals surface area contributed by atoms with Crippen LogP contribution in [-0.4, -0.2) is 50.0 Å². The number of methoxy groups -OCH3 is 1. The topological polar surface area (TPSA) is 63.7 Å². The fourth-order valence-electron chi connectivity index (χ4n) is 1.94. The van der Waals surface area contributed by atoms with Gasteiger partial charge in [0.2, 0.25) is 10.0 Å². The molecule has 100 valence electrons. The van der Waals surface area contributed by atoms with Crippen molar-refractivity contribution in [2.24, 2.45) is 5.92 Å². The number of hydrogen-bond acceptors (Lipinski definition) is 4. The smallest absolute Gasteiger partial charge is 0.324 e. The molecule has 1 saturated heterocycles. The molecule has 1 aliphatic rings. The largest absolute Gasteiger partial charge is 0.468 e. The van der Waals surface area contributed by atoms with Gasteiger partial charge in [-0.15, -0.1) is 11.6 Å². The molecule has 1 rings (SSSR count). The second-order valence-corrected chi connectivity index (χ2v) is 6.60. The zero-order valence-corrected chi connectivity index (χ0v) is 11.6. The van der Waals surface area contributed by atoms with Crippen molar-refractivity contribution >= 4 is 27.6 Å². The number of halogens is 1. The van der Waals surface area contributed by atoms with E-state index >= 15 is 0 Å². The van der Waals surface area contributed by atoms with Gasteiger partial charge in [-0.2, -0.15) is 4.31 Å². The van der Waals surface area contributed by atoms with Gasteiger partial charge >= 0.3 is 5.97 Å². The Bertz CT molecular complexity index is 371. The minimum atomic E-state index is -3.43. The highest BCUT2D eigenvalue weighted by Gasteiger charge is 2.39. The lowest BCUT2D eigenvalue weighted by Crippen LogP contribution is -2.43. The van der Waals surface area contributed by atoms with Gasteiger partial charge in [-0.05, 0) is 18.8 Å². The molecule has 1 aliphatic heterocycles. The fraction of sp³-hybridized carbons (Fsp3) is 0.900. The molecule has 0 amide bonds. The molecule has 0 spiro atoms. The Labute approximate surface area is 107 Å². The third-order valence-electron chi connectivity index (χ3n) is 2.79. The van der Waals surface area contributed by atoms with Crippen molar-refractivity contribution in [3.8, 4) is 0 Å². The van der Waals surface area contributed by atoms with Gasteiger partial charge in [0.05, 0.1) is 12.9 Å². The van der Waals surface area contributed by atoms with Crippen molar-refractivity contribution in [3.63, 3.8) is 0 Å². The summed E-state index contributed by atoms with van der Waals surface area (Å²) in [6, 6.07) is -0.660. The van der Waals surface area contributed by atoms with Gasteiger partial charge in [0.15, 0.2) is 0 Å². The number of carbonyl (C=O) groups is 1. The van der Waals surface area contributed by atoms with Gasteiger partial charge < -0.3 is 4.74 Å². The predicted molar refractivity (Wildman–Crippen MR) is 65.4 cm³/mol. The number of ether oxygens (including phenoxy) is 1. The first-order chi connectivity index (χ1) is 7.92.